The summed E-state index contributed by atoms with van der Waals surface area (Å²) in [5, 5.41) is 2.98. The van der Waals surface area contributed by atoms with Crippen LogP contribution in [0.25, 0.3) is 0 Å². The molecule has 4 rings (SSSR count). The van der Waals surface area contributed by atoms with Crippen LogP contribution in [-0.2, 0) is 4.79 Å². The van der Waals surface area contributed by atoms with Crippen LogP contribution in [0, 0.1) is 17.8 Å². The maximum absolute atomic E-state index is 13.0. The second kappa shape index (κ2) is 7.39. The number of carbonyl (C=O) groups excluding carboxylic acids is 2. The molecule has 3 fully saturated rings. The largest absolute Gasteiger partial charge is 0.339 e. The fraction of sp³-hybridized carbons (Fsp3) is 0.636. The topological polar surface area (TPSA) is 55.9 Å². The molecule has 6 heteroatoms. The number of anilines is 1. The Morgan fingerprint density at radius 1 is 1.18 bits per heavy atom. The predicted octanol–water partition coefficient (Wildman–Crippen LogP) is 2.73. The van der Waals surface area contributed by atoms with E-state index in [-0.39, 0.29) is 17.5 Å². The van der Waals surface area contributed by atoms with Gasteiger partial charge in [0.1, 0.15) is 0 Å². The molecule has 3 aliphatic rings. The van der Waals surface area contributed by atoms with E-state index >= 15 is 0 Å². The van der Waals surface area contributed by atoms with Crippen molar-refractivity contribution in [2.75, 3.05) is 45.1 Å². The van der Waals surface area contributed by atoms with Crippen molar-refractivity contribution < 1.29 is 9.59 Å². The SMILES string of the molecule is CC(C)CN1C[C@@H]2C(=O)N(C)C3(CCN(C(=O)Nc4ccccc4)CC3)[C@@H]2C1. The van der Waals surface area contributed by atoms with E-state index in [0.717, 1.165) is 38.2 Å². The Kier molecular flexibility index (Phi) is 5.08. The summed E-state index contributed by atoms with van der Waals surface area (Å²) in [5.41, 5.74) is 0.734. The molecule has 1 N–H and O–H groups in total. The van der Waals surface area contributed by atoms with Crippen LogP contribution in [0.2, 0.25) is 0 Å². The van der Waals surface area contributed by atoms with Crippen molar-refractivity contribution in [1.82, 2.24) is 14.7 Å². The summed E-state index contributed by atoms with van der Waals surface area (Å²) < 4.78 is 0. The van der Waals surface area contributed by atoms with Gasteiger partial charge in [-0.3, -0.25) is 4.79 Å². The first kappa shape index (κ1) is 19.2. The monoisotopic (exact) mass is 384 g/mol. The van der Waals surface area contributed by atoms with E-state index in [4.69, 9.17) is 0 Å². The molecule has 0 unspecified atom stereocenters. The van der Waals surface area contributed by atoms with E-state index in [1.165, 1.54) is 0 Å². The molecule has 3 saturated heterocycles. The quantitative estimate of drug-likeness (QED) is 0.872. The Morgan fingerprint density at radius 2 is 1.86 bits per heavy atom. The second-order valence-electron chi connectivity index (χ2n) is 9.11. The summed E-state index contributed by atoms with van der Waals surface area (Å²) >= 11 is 0. The highest BCUT2D eigenvalue weighted by Crippen LogP contribution is 2.49. The average molecular weight is 385 g/mol. The number of amides is 3. The molecule has 3 heterocycles. The van der Waals surface area contributed by atoms with Crippen molar-refractivity contribution in [2.45, 2.75) is 32.2 Å². The lowest BCUT2D eigenvalue weighted by Crippen LogP contribution is -2.57. The third-order valence-electron chi connectivity index (χ3n) is 6.97. The molecule has 0 saturated carbocycles. The third kappa shape index (κ3) is 3.28. The van der Waals surface area contributed by atoms with E-state index in [2.05, 4.69) is 24.1 Å². The van der Waals surface area contributed by atoms with Crippen molar-refractivity contribution in [3.63, 3.8) is 0 Å². The highest BCUT2D eigenvalue weighted by molar-refractivity contribution is 5.89. The van der Waals surface area contributed by atoms with Gasteiger partial charge in [-0.05, 0) is 30.9 Å². The Balaban J connectivity index is 1.42. The van der Waals surface area contributed by atoms with Crippen molar-refractivity contribution in [3.8, 4) is 0 Å². The summed E-state index contributed by atoms with van der Waals surface area (Å²) in [6.45, 7) is 8.84. The number of carbonyl (C=O) groups is 2. The lowest BCUT2D eigenvalue weighted by atomic mass is 9.75. The Hall–Kier alpha value is -2.08. The highest BCUT2D eigenvalue weighted by atomic mass is 16.2. The molecular weight excluding hydrogens is 352 g/mol. The van der Waals surface area contributed by atoms with E-state index in [1.54, 1.807) is 0 Å². The normalized spacial score (nSPS) is 26.9. The summed E-state index contributed by atoms with van der Waals surface area (Å²) in [6.07, 6.45) is 1.74. The smallest absolute Gasteiger partial charge is 0.321 e. The molecule has 152 valence electrons. The number of piperidine rings is 1. The first-order chi connectivity index (χ1) is 13.4. The molecule has 3 aliphatic heterocycles. The van der Waals surface area contributed by atoms with Crippen LogP contribution in [-0.4, -0.2) is 71.9 Å². The molecule has 28 heavy (non-hydrogen) atoms. The minimum Gasteiger partial charge on any atom is -0.339 e. The molecule has 0 radical (unpaired) electrons. The predicted molar refractivity (Wildman–Crippen MR) is 110 cm³/mol. The Morgan fingerprint density at radius 3 is 2.50 bits per heavy atom. The molecule has 1 aromatic rings. The molecule has 0 bridgehead atoms. The number of benzene rings is 1. The van der Waals surface area contributed by atoms with Crippen molar-refractivity contribution in [2.24, 2.45) is 17.8 Å². The van der Waals surface area contributed by atoms with E-state index in [1.807, 2.05) is 47.2 Å². The van der Waals surface area contributed by atoms with Crippen LogP contribution in [0.1, 0.15) is 26.7 Å². The number of hydrogen-bond donors (Lipinski definition) is 1. The number of fused-ring (bicyclic) bond motifs is 2. The van der Waals surface area contributed by atoms with Crippen molar-refractivity contribution in [3.05, 3.63) is 30.3 Å². The van der Waals surface area contributed by atoms with Gasteiger partial charge in [-0.25, -0.2) is 4.79 Å². The van der Waals surface area contributed by atoms with Crippen LogP contribution >= 0.6 is 0 Å². The zero-order valence-electron chi connectivity index (χ0n) is 17.2. The standard InChI is InChI=1S/C22H32N4O2/c1-16(2)13-25-14-18-19(15-25)22(24(3)20(18)27)9-11-26(12-10-22)21(28)23-17-7-5-4-6-8-17/h4-8,16,18-19H,9-15H2,1-3H3,(H,23,28)/t18-,19+/m0/s1. The van der Waals surface area contributed by atoms with Crippen LogP contribution < -0.4 is 5.32 Å². The van der Waals surface area contributed by atoms with E-state index in [0.29, 0.717) is 30.8 Å². The number of hydrogen-bond acceptors (Lipinski definition) is 3. The van der Waals surface area contributed by atoms with Gasteiger partial charge >= 0.3 is 6.03 Å². The number of urea groups is 1. The number of nitrogens with one attached hydrogen (secondary N) is 1. The molecule has 6 nitrogen and oxygen atoms in total. The molecule has 0 aromatic heterocycles. The fourth-order valence-electron chi connectivity index (χ4n) is 5.59. The van der Waals surface area contributed by atoms with Gasteiger partial charge in [0.25, 0.3) is 0 Å². The minimum absolute atomic E-state index is 0.0440. The molecule has 0 aliphatic carbocycles. The maximum Gasteiger partial charge on any atom is 0.321 e. The van der Waals surface area contributed by atoms with Crippen LogP contribution in [0.15, 0.2) is 30.3 Å². The van der Waals surface area contributed by atoms with Gasteiger partial charge < -0.3 is 20.0 Å². The van der Waals surface area contributed by atoms with Gasteiger partial charge in [-0.1, -0.05) is 32.0 Å². The summed E-state index contributed by atoms with van der Waals surface area (Å²) in [5.74, 6) is 1.45. The van der Waals surface area contributed by atoms with E-state index in [9.17, 15) is 9.59 Å². The van der Waals surface area contributed by atoms with Crippen molar-refractivity contribution in [1.29, 1.82) is 0 Å². The second-order valence-corrected chi connectivity index (χ2v) is 9.11. The van der Waals surface area contributed by atoms with Gasteiger partial charge in [-0.15, -0.1) is 0 Å². The first-order valence-electron chi connectivity index (χ1n) is 10.5. The van der Waals surface area contributed by atoms with Crippen LogP contribution in [0.5, 0.6) is 0 Å². The summed E-state index contributed by atoms with van der Waals surface area (Å²) in [6, 6.07) is 9.54. The van der Waals surface area contributed by atoms with Gasteiger partial charge in [0.05, 0.1) is 11.5 Å². The lowest BCUT2D eigenvalue weighted by molar-refractivity contribution is -0.133. The fourth-order valence-corrected chi connectivity index (χ4v) is 5.59. The maximum atomic E-state index is 13.0. The first-order valence-corrected chi connectivity index (χ1v) is 10.5. The van der Waals surface area contributed by atoms with Crippen LogP contribution in [0.4, 0.5) is 10.5 Å². The number of para-hydroxylation sites is 1. The number of likely N-dealkylation sites (tertiary alicyclic amines) is 3. The average Bonchev–Trinajstić information content (AvgIpc) is 3.17. The Bertz CT molecular complexity index is 727. The highest BCUT2D eigenvalue weighted by Gasteiger charge is 2.60. The molecule has 1 spiro atoms. The van der Waals surface area contributed by atoms with Gasteiger partial charge in [0.2, 0.25) is 5.91 Å². The van der Waals surface area contributed by atoms with Gasteiger partial charge in [-0.2, -0.15) is 0 Å². The third-order valence-corrected chi connectivity index (χ3v) is 6.97. The van der Waals surface area contributed by atoms with E-state index < -0.39 is 0 Å². The summed E-state index contributed by atoms with van der Waals surface area (Å²) in [4.78, 5) is 32.0. The lowest BCUT2D eigenvalue weighted by Gasteiger charge is -2.46. The minimum atomic E-state index is -0.0863. The van der Waals surface area contributed by atoms with Crippen molar-refractivity contribution >= 4 is 17.6 Å². The van der Waals surface area contributed by atoms with Gasteiger partial charge in [0, 0.05) is 51.4 Å². The zero-order valence-corrected chi connectivity index (χ0v) is 17.2. The Labute approximate surface area is 167 Å². The van der Waals surface area contributed by atoms with Crippen LogP contribution in [0.3, 0.4) is 0 Å². The molecule has 3 amide bonds. The zero-order chi connectivity index (χ0) is 19.9. The molecule has 1 aromatic carbocycles. The van der Waals surface area contributed by atoms with Gasteiger partial charge in [0.15, 0.2) is 0 Å². The molecule has 2 atom stereocenters. The number of rotatable bonds is 3. The molecular formula is C22H32N4O2. The number of nitrogens with zero attached hydrogens (tertiary/aromatic N) is 3. The summed E-state index contributed by atoms with van der Waals surface area (Å²) in [7, 11) is 1.98.